The first-order valence-electron chi connectivity index (χ1n) is 7.52. The van der Waals surface area contributed by atoms with E-state index in [2.05, 4.69) is 44.2 Å². The zero-order valence-electron chi connectivity index (χ0n) is 12.2. The van der Waals surface area contributed by atoms with E-state index in [-0.39, 0.29) is 0 Å². The molecule has 0 unspecified atom stereocenters. The minimum Gasteiger partial charge on any atom is -0.248 e. The number of benzene rings is 1. The van der Waals surface area contributed by atoms with Crippen LogP contribution in [0.3, 0.4) is 0 Å². The minimum atomic E-state index is 1.14. The molecule has 2 aliphatic rings. The lowest BCUT2D eigenvalue weighted by molar-refractivity contribution is 0.891. The van der Waals surface area contributed by atoms with Crippen LogP contribution in [0.4, 0.5) is 0 Å². The first kappa shape index (κ1) is 11.9. The lowest BCUT2D eigenvalue weighted by atomic mass is 9.84. The predicted octanol–water partition coefficient (Wildman–Crippen LogP) is 4.42. The summed E-state index contributed by atoms with van der Waals surface area (Å²) in [6, 6.07) is 7.01. The number of fused-ring (bicyclic) bond motifs is 4. The Balaban J connectivity index is 1.98. The molecule has 0 radical (unpaired) electrons. The smallest absolute Gasteiger partial charge is 0.0744 e. The highest BCUT2D eigenvalue weighted by Crippen LogP contribution is 2.36. The third-order valence-corrected chi connectivity index (χ3v) is 4.59. The molecule has 0 atom stereocenters. The lowest BCUT2D eigenvalue weighted by Crippen LogP contribution is -2.11. The normalized spacial score (nSPS) is 15.5. The summed E-state index contributed by atoms with van der Waals surface area (Å²) in [5.41, 5.74) is 10.9. The van der Waals surface area contributed by atoms with Crippen LogP contribution in [0.15, 0.2) is 24.3 Å². The SMILES string of the molecule is Cc1cc(C)c2c(c1)-c1nc3c(cc1CC2)CCC=C3. The van der Waals surface area contributed by atoms with Crippen molar-refractivity contribution in [2.45, 2.75) is 39.5 Å². The zero-order valence-corrected chi connectivity index (χ0v) is 12.2. The molecule has 1 aromatic carbocycles. The molecular formula is C19H19N. The van der Waals surface area contributed by atoms with Crippen molar-refractivity contribution in [3.05, 3.63) is 57.8 Å². The Bertz CT molecular complexity index is 738. The third-order valence-electron chi connectivity index (χ3n) is 4.59. The molecule has 0 saturated heterocycles. The van der Waals surface area contributed by atoms with Gasteiger partial charge < -0.3 is 0 Å². The fourth-order valence-corrected chi connectivity index (χ4v) is 3.62. The summed E-state index contributed by atoms with van der Waals surface area (Å²) in [4.78, 5) is 4.99. The summed E-state index contributed by atoms with van der Waals surface area (Å²) in [5.74, 6) is 0. The van der Waals surface area contributed by atoms with Gasteiger partial charge in [0, 0.05) is 5.56 Å². The van der Waals surface area contributed by atoms with E-state index in [9.17, 15) is 0 Å². The highest BCUT2D eigenvalue weighted by molar-refractivity contribution is 5.73. The zero-order chi connectivity index (χ0) is 13.7. The van der Waals surface area contributed by atoms with Gasteiger partial charge in [0.1, 0.15) is 0 Å². The van der Waals surface area contributed by atoms with Crippen LogP contribution in [0.2, 0.25) is 0 Å². The van der Waals surface area contributed by atoms with Crippen molar-refractivity contribution < 1.29 is 0 Å². The molecule has 0 aliphatic heterocycles. The number of hydrogen-bond donors (Lipinski definition) is 0. The van der Waals surface area contributed by atoms with Gasteiger partial charge in [0.2, 0.25) is 0 Å². The van der Waals surface area contributed by atoms with Crippen LogP contribution >= 0.6 is 0 Å². The van der Waals surface area contributed by atoms with Gasteiger partial charge in [-0.15, -0.1) is 0 Å². The largest absolute Gasteiger partial charge is 0.248 e. The number of hydrogen-bond acceptors (Lipinski definition) is 1. The summed E-state index contributed by atoms with van der Waals surface area (Å²) in [6.07, 6.45) is 9.03. The van der Waals surface area contributed by atoms with Crippen LogP contribution in [0.1, 0.15) is 39.9 Å². The molecule has 100 valence electrons. The van der Waals surface area contributed by atoms with Crippen molar-refractivity contribution in [3.8, 4) is 11.3 Å². The Morgan fingerprint density at radius 2 is 1.85 bits per heavy atom. The molecule has 0 spiro atoms. The van der Waals surface area contributed by atoms with Crippen LogP contribution < -0.4 is 0 Å². The van der Waals surface area contributed by atoms with Gasteiger partial charge in [0.25, 0.3) is 0 Å². The highest BCUT2D eigenvalue weighted by atomic mass is 14.7. The van der Waals surface area contributed by atoms with E-state index in [4.69, 9.17) is 4.98 Å². The number of aromatic nitrogens is 1. The molecule has 1 aromatic heterocycles. The molecule has 1 heterocycles. The Labute approximate surface area is 120 Å². The van der Waals surface area contributed by atoms with Gasteiger partial charge in [0.15, 0.2) is 0 Å². The van der Waals surface area contributed by atoms with Gasteiger partial charge in [-0.1, -0.05) is 23.8 Å². The van der Waals surface area contributed by atoms with Crippen molar-refractivity contribution in [1.82, 2.24) is 4.98 Å². The molecule has 0 amide bonds. The predicted molar refractivity (Wildman–Crippen MR) is 83.9 cm³/mol. The van der Waals surface area contributed by atoms with Crippen LogP contribution in [0.5, 0.6) is 0 Å². The molecular weight excluding hydrogens is 242 g/mol. The van der Waals surface area contributed by atoms with Gasteiger partial charge in [0.05, 0.1) is 11.4 Å². The Kier molecular flexibility index (Phi) is 2.56. The molecule has 0 N–H and O–H groups in total. The number of pyridine rings is 1. The standard InChI is InChI=1S/C19H19N/c1-12-9-13(2)16-8-7-15-11-14-5-3-4-6-18(14)20-19(15)17(16)10-12/h4,6,9-11H,3,5,7-8H2,1-2H3. The average molecular weight is 261 g/mol. The maximum absolute atomic E-state index is 4.99. The summed E-state index contributed by atoms with van der Waals surface area (Å²) in [6.45, 7) is 4.41. The van der Waals surface area contributed by atoms with Crippen LogP contribution in [0, 0.1) is 13.8 Å². The Hall–Kier alpha value is -1.89. The summed E-state index contributed by atoms with van der Waals surface area (Å²) in [7, 11) is 0. The Morgan fingerprint density at radius 1 is 0.950 bits per heavy atom. The molecule has 0 bridgehead atoms. The molecule has 20 heavy (non-hydrogen) atoms. The maximum Gasteiger partial charge on any atom is 0.0744 e. The number of rotatable bonds is 0. The van der Waals surface area contributed by atoms with Crippen LogP contribution in [0.25, 0.3) is 17.3 Å². The van der Waals surface area contributed by atoms with Gasteiger partial charge >= 0.3 is 0 Å². The number of aryl methyl sites for hydroxylation is 4. The van der Waals surface area contributed by atoms with Gasteiger partial charge in [-0.2, -0.15) is 0 Å². The molecule has 1 heteroatoms. The molecule has 0 fully saturated rings. The summed E-state index contributed by atoms with van der Waals surface area (Å²) < 4.78 is 0. The van der Waals surface area contributed by atoms with Gasteiger partial charge in [-0.3, -0.25) is 0 Å². The topological polar surface area (TPSA) is 12.9 Å². The average Bonchev–Trinajstić information content (AvgIpc) is 2.45. The van der Waals surface area contributed by atoms with E-state index in [0.717, 1.165) is 25.7 Å². The van der Waals surface area contributed by atoms with E-state index in [1.54, 1.807) is 0 Å². The lowest BCUT2D eigenvalue weighted by Gasteiger charge is -2.24. The molecule has 2 aromatic rings. The van der Waals surface area contributed by atoms with Crippen molar-refractivity contribution in [2.24, 2.45) is 0 Å². The van der Waals surface area contributed by atoms with Crippen LogP contribution in [-0.2, 0) is 19.3 Å². The van der Waals surface area contributed by atoms with E-state index in [0.29, 0.717) is 0 Å². The van der Waals surface area contributed by atoms with E-state index >= 15 is 0 Å². The second-order valence-corrected chi connectivity index (χ2v) is 6.09. The van der Waals surface area contributed by atoms with Crippen molar-refractivity contribution >= 4 is 6.08 Å². The minimum absolute atomic E-state index is 1.14. The molecule has 4 rings (SSSR count). The Morgan fingerprint density at radius 3 is 2.75 bits per heavy atom. The van der Waals surface area contributed by atoms with E-state index in [1.807, 2.05) is 0 Å². The van der Waals surface area contributed by atoms with Crippen LogP contribution in [-0.4, -0.2) is 4.98 Å². The summed E-state index contributed by atoms with van der Waals surface area (Å²) >= 11 is 0. The fourth-order valence-electron chi connectivity index (χ4n) is 3.62. The van der Waals surface area contributed by atoms with Gasteiger partial charge in [-0.05, 0) is 73.9 Å². The maximum atomic E-state index is 4.99. The van der Waals surface area contributed by atoms with Gasteiger partial charge in [-0.25, -0.2) is 4.98 Å². The highest BCUT2D eigenvalue weighted by Gasteiger charge is 2.21. The first-order valence-corrected chi connectivity index (χ1v) is 7.52. The molecule has 1 nitrogen and oxygen atoms in total. The summed E-state index contributed by atoms with van der Waals surface area (Å²) in [5, 5.41) is 0. The third kappa shape index (κ3) is 1.73. The van der Waals surface area contributed by atoms with E-state index < -0.39 is 0 Å². The number of nitrogens with zero attached hydrogens (tertiary/aromatic N) is 1. The van der Waals surface area contributed by atoms with Crippen molar-refractivity contribution in [1.29, 1.82) is 0 Å². The monoisotopic (exact) mass is 261 g/mol. The molecule has 0 saturated carbocycles. The second kappa shape index (κ2) is 4.31. The fraction of sp³-hybridized carbons (Fsp3) is 0.316. The van der Waals surface area contributed by atoms with Crippen molar-refractivity contribution in [2.75, 3.05) is 0 Å². The number of allylic oxidation sites excluding steroid dienone is 1. The van der Waals surface area contributed by atoms with E-state index in [1.165, 1.54) is 44.8 Å². The quantitative estimate of drug-likeness (QED) is 0.684. The van der Waals surface area contributed by atoms with Crippen molar-refractivity contribution in [3.63, 3.8) is 0 Å². The first-order chi connectivity index (χ1) is 9.72. The second-order valence-electron chi connectivity index (χ2n) is 6.09. The molecule has 2 aliphatic carbocycles.